The lowest BCUT2D eigenvalue weighted by atomic mass is 10.3. The van der Waals surface area contributed by atoms with E-state index in [0.29, 0.717) is 18.2 Å². The lowest BCUT2D eigenvalue weighted by Gasteiger charge is -2.11. The molecule has 0 fully saturated rings. The van der Waals surface area contributed by atoms with Crippen LogP contribution in [0.15, 0.2) is 47.8 Å². The highest BCUT2D eigenvalue weighted by atomic mass is 32.1. The van der Waals surface area contributed by atoms with Crippen LogP contribution < -0.4 is 4.90 Å². The number of aromatic nitrogens is 4. The first-order chi connectivity index (χ1) is 11.8. The number of carbonyl (C=O) groups is 1. The lowest BCUT2D eigenvalue weighted by Crippen LogP contribution is -2.29. The molecule has 7 heteroatoms. The first-order valence-corrected chi connectivity index (χ1v) is 8.55. The van der Waals surface area contributed by atoms with Gasteiger partial charge in [-0.15, -0.1) is 11.3 Å². The van der Waals surface area contributed by atoms with Crippen molar-refractivity contribution in [2.75, 3.05) is 11.4 Å². The minimum absolute atomic E-state index is 0.122. The van der Waals surface area contributed by atoms with Gasteiger partial charge in [0, 0.05) is 13.1 Å². The average molecular weight is 335 g/mol. The molecule has 0 atom stereocenters. The normalized spacial score (nSPS) is 13.6. The predicted octanol–water partition coefficient (Wildman–Crippen LogP) is 3.15. The zero-order chi connectivity index (χ0) is 16.1. The summed E-state index contributed by atoms with van der Waals surface area (Å²) < 4.78 is 2.08. The number of hydrogen-bond acceptors (Lipinski definition) is 4. The zero-order valence-electron chi connectivity index (χ0n) is 12.6. The summed E-state index contributed by atoms with van der Waals surface area (Å²) in [4.78, 5) is 20.2. The Kier molecular flexibility index (Phi) is 2.83. The molecule has 0 unspecified atom stereocenters. The fourth-order valence-corrected chi connectivity index (χ4v) is 3.80. The third-order valence-electron chi connectivity index (χ3n) is 4.25. The maximum absolute atomic E-state index is 12.9. The Morgan fingerprint density at radius 2 is 2.08 bits per heavy atom. The van der Waals surface area contributed by atoms with E-state index < -0.39 is 0 Å². The van der Waals surface area contributed by atoms with E-state index in [1.807, 2.05) is 41.8 Å². The van der Waals surface area contributed by atoms with Crippen LogP contribution in [0, 0.1) is 0 Å². The molecule has 3 aromatic heterocycles. The number of para-hydroxylation sites is 2. The smallest absolute Gasteiger partial charge is 0.281 e. The Morgan fingerprint density at radius 3 is 2.96 bits per heavy atom. The quantitative estimate of drug-likeness (QED) is 0.612. The maximum atomic E-state index is 12.9. The second kappa shape index (κ2) is 5.04. The molecule has 118 valence electrons. The van der Waals surface area contributed by atoms with Crippen LogP contribution in [0.5, 0.6) is 0 Å². The van der Waals surface area contributed by atoms with Gasteiger partial charge in [0.05, 0.1) is 21.6 Å². The third-order valence-corrected chi connectivity index (χ3v) is 5.15. The largest absolute Gasteiger partial charge is 0.308 e. The Bertz CT molecular complexity index is 1050. The number of nitrogens with one attached hydrogen (secondary N) is 1. The standard InChI is InChI=1S/C17H13N5OS/c23-16(13-10-12(19-20-13)15-6-3-9-24-15)22-8-7-21-14-5-2-1-4-11(14)18-17(21)22/h1-6,9-10H,7-8H2,(H,19,20). The summed E-state index contributed by atoms with van der Waals surface area (Å²) in [6.07, 6.45) is 0. The summed E-state index contributed by atoms with van der Waals surface area (Å²) in [5.41, 5.74) is 3.25. The second-order valence-electron chi connectivity index (χ2n) is 5.65. The molecule has 1 aliphatic rings. The van der Waals surface area contributed by atoms with Gasteiger partial charge in [0.25, 0.3) is 5.91 Å². The Balaban J connectivity index is 1.51. The SMILES string of the molecule is O=C(c1cc(-c2cccs2)[nH]n1)N1CCn2c1nc1ccccc12. The molecule has 0 bridgehead atoms. The van der Waals surface area contributed by atoms with Crippen molar-refractivity contribution in [1.82, 2.24) is 19.7 Å². The molecule has 24 heavy (non-hydrogen) atoms. The Hall–Kier alpha value is -2.93. The van der Waals surface area contributed by atoms with Gasteiger partial charge in [0.2, 0.25) is 5.95 Å². The number of imidazole rings is 1. The number of nitrogens with zero attached hydrogens (tertiary/aromatic N) is 4. The van der Waals surface area contributed by atoms with Gasteiger partial charge in [0.15, 0.2) is 5.69 Å². The van der Waals surface area contributed by atoms with E-state index in [2.05, 4.69) is 19.7 Å². The number of rotatable bonds is 2. The Labute approximate surface area is 141 Å². The first-order valence-electron chi connectivity index (χ1n) is 7.68. The number of carbonyl (C=O) groups excluding carboxylic acids is 1. The van der Waals surface area contributed by atoms with Crippen LogP contribution in [-0.2, 0) is 6.54 Å². The number of aromatic amines is 1. The van der Waals surface area contributed by atoms with E-state index in [1.54, 1.807) is 22.3 Å². The summed E-state index contributed by atoms with van der Waals surface area (Å²) in [6, 6.07) is 13.7. The topological polar surface area (TPSA) is 66.8 Å². The molecular weight excluding hydrogens is 322 g/mol. The predicted molar refractivity (Wildman–Crippen MR) is 93.3 cm³/mol. The fraction of sp³-hybridized carbons (Fsp3) is 0.118. The molecule has 6 nitrogen and oxygen atoms in total. The van der Waals surface area contributed by atoms with E-state index in [-0.39, 0.29) is 5.91 Å². The van der Waals surface area contributed by atoms with Crippen LogP contribution in [0.1, 0.15) is 10.5 Å². The lowest BCUT2D eigenvalue weighted by molar-refractivity contribution is 0.0984. The van der Waals surface area contributed by atoms with E-state index in [0.717, 1.165) is 28.1 Å². The molecule has 5 rings (SSSR count). The van der Waals surface area contributed by atoms with Gasteiger partial charge >= 0.3 is 0 Å². The van der Waals surface area contributed by atoms with Crippen molar-refractivity contribution in [2.45, 2.75) is 6.54 Å². The highest BCUT2D eigenvalue weighted by Gasteiger charge is 2.30. The number of benzene rings is 1. The maximum Gasteiger partial charge on any atom is 0.281 e. The third kappa shape index (κ3) is 1.91. The Morgan fingerprint density at radius 1 is 1.17 bits per heavy atom. The van der Waals surface area contributed by atoms with Crippen molar-refractivity contribution in [3.8, 4) is 10.6 Å². The molecule has 0 saturated carbocycles. The van der Waals surface area contributed by atoms with Crippen molar-refractivity contribution in [1.29, 1.82) is 0 Å². The van der Waals surface area contributed by atoms with Gasteiger partial charge in [-0.05, 0) is 29.6 Å². The molecule has 0 spiro atoms. The molecule has 4 heterocycles. The van der Waals surface area contributed by atoms with E-state index >= 15 is 0 Å². The monoisotopic (exact) mass is 335 g/mol. The number of hydrogen-bond donors (Lipinski definition) is 1. The number of fused-ring (bicyclic) bond motifs is 3. The molecule has 1 N–H and O–H groups in total. The van der Waals surface area contributed by atoms with Gasteiger partial charge in [-0.25, -0.2) is 4.98 Å². The summed E-state index contributed by atoms with van der Waals surface area (Å²) in [7, 11) is 0. The number of H-pyrrole nitrogens is 1. The molecule has 1 aromatic carbocycles. The highest BCUT2D eigenvalue weighted by molar-refractivity contribution is 7.13. The summed E-state index contributed by atoms with van der Waals surface area (Å²) in [6.45, 7) is 1.37. The van der Waals surface area contributed by atoms with Crippen molar-refractivity contribution in [3.63, 3.8) is 0 Å². The van der Waals surface area contributed by atoms with Gasteiger partial charge in [-0.1, -0.05) is 18.2 Å². The van der Waals surface area contributed by atoms with E-state index in [1.165, 1.54) is 0 Å². The number of anilines is 1. The van der Waals surface area contributed by atoms with Crippen LogP contribution in [0.4, 0.5) is 5.95 Å². The molecule has 0 saturated heterocycles. The number of thiophene rings is 1. The first kappa shape index (κ1) is 13.5. The van der Waals surface area contributed by atoms with Crippen LogP contribution >= 0.6 is 11.3 Å². The van der Waals surface area contributed by atoms with Crippen LogP contribution in [0.2, 0.25) is 0 Å². The molecule has 1 amide bonds. The van der Waals surface area contributed by atoms with E-state index in [4.69, 9.17) is 0 Å². The van der Waals surface area contributed by atoms with Gasteiger partial charge in [-0.2, -0.15) is 5.10 Å². The summed E-state index contributed by atoms with van der Waals surface area (Å²) in [5, 5.41) is 9.15. The summed E-state index contributed by atoms with van der Waals surface area (Å²) in [5.74, 6) is 0.574. The fourth-order valence-electron chi connectivity index (χ4n) is 3.11. The van der Waals surface area contributed by atoms with Gasteiger partial charge in [-0.3, -0.25) is 14.8 Å². The van der Waals surface area contributed by atoms with Crippen molar-refractivity contribution < 1.29 is 4.79 Å². The van der Waals surface area contributed by atoms with Gasteiger partial charge < -0.3 is 4.57 Å². The minimum Gasteiger partial charge on any atom is -0.308 e. The van der Waals surface area contributed by atoms with E-state index in [9.17, 15) is 4.79 Å². The number of amides is 1. The van der Waals surface area contributed by atoms with Crippen molar-refractivity contribution in [3.05, 3.63) is 53.5 Å². The molecule has 4 aromatic rings. The minimum atomic E-state index is -0.122. The molecule has 0 radical (unpaired) electrons. The summed E-state index contributed by atoms with van der Waals surface area (Å²) >= 11 is 1.61. The molecule has 0 aliphatic carbocycles. The van der Waals surface area contributed by atoms with Crippen LogP contribution in [0.3, 0.4) is 0 Å². The highest BCUT2D eigenvalue weighted by Crippen LogP contribution is 2.29. The molecule has 1 aliphatic heterocycles. The van der Waals surface area contributed by atoms with Crippen LogP contribution in [-0.4, -0.2) is 32.2 Å². The van der Waals surface area contributed by atoms with Crippen molar-refractivity contribution in [2.24, 2.45) is 0 Å². The zero-order valence-corrected chi connectivity index (χ0v) is 13.5. The van der Waals surface area contributed by atoms with Crippen molar-refractivity contribution >= 4 is 34.2 Å². The van der Waals surface area contributed by atoms with Crippen LogP contribution in [0.25, 0.3) is 21.6 Å². The molecular formula is C17H13N5OS. The second-order valence-corrected chi connectivity index (χ2v) is 6.60. The van der Waals surface area contributed by atoms with Gasteiger partial charge in [0.1, 0.15) is 0 Å². The average Bonchev–Trinajstić information content (AvgIpc) is 3.35.